The molecule has 0 aliphatic rings. The topological polar surface area (TPSA) is 20.3 Å². The first-order valence-corrected chi connectivity index (χ1v) is 12.8. The molecular formula is C31H31AuNOP-. The van der Waals surface area contributed by atoms with Crippen molar-refractivity contribution < 1.29 is 27.2 Å². The molecule has 0 fully saturated rings. The van der Waals surface area contributed by atoms with Crippen LogP contribution in [0.15, 0.2) is 115 Å². The Morgan fingerprint density at radius 2 is 1.14 bits per heavy atom. The van der Waals surface area contributed by atoms with E-state index in [0.29, 0.717) is 5.56 Å². The molecule has 4 rings (SSSR count). The molecule has 4 aromatic rings. The van der Waals surface area contributed by atoms with Gasteiger partial charge in [0.15, 0.2) is 5.91 Å². The van der Waals surface area contributed by atoms with E-state index in [1.165, 1.54) is 15.9 Å². The summed E-state index contributed by atoms with van der Waals surface area (Å²) in [6, 6.07) is 42.6. The summed E-state index contributed by atoms with van der Waals surface area (Å²) in [5, 5.41) is 4.31. The van der Waals surface area contributed by atoms with E-state index in [9.17, 15) is 4.79 Å². The molecule has 4 heteroatoms. The Morgan fingerprint density at radius 3 is 1.46 bits per heavy atom. The molecule has 0 saturated carbocycles. The van der Waals surface area contributed by atoms with Gasteiger partial charge in [-0.1, -0.05) is 60.2 Å². The molecule has 1 amide bonds. The number of benzene rings is 4. The second-order valence-corrected chi connectivity index (χ2v) is 9.72. The van der Waals surface area contributed by atoms with Gasteiger partial charge in [0.2, 0.25) is 0 Å². The van der Waals surface area contributed by atoms with Crippen LogP contribution in [0.3, 0.4) is 0 Å². The van der Waals surface area contributed by atoms with E-state index >= 15 is 0 Å². The molecule has 0 spiro atoms. The summed E-state index contributed by atoms with van der Waals surface area (Å²) < 4.78 is 0. The number of terminal acetylenes is 1. The molecular weight excluding hydrogens is 630 g/mol. The first-order chi connectivity index (χ1) is 16.7. The Bertz CT molecular complexity index is 1010. The maximum atomic E-state index is 11.7. The SMILES string of the molecule is CCN(CC)C(=O)c1c[c-]ccc1.[Au].[C-]#C.c1ccc([PH+](c2ccccc2)c2ccccc2)cc1. The quantitative estimate of drug-likeness (QED) is 0.118. The van der Waals surface area contributed by atoms with Gasteiger partial charge in [-0.25, -0.2) is 0 Å². The smallest absolute Gasteiger partial charge is 0.198 e. The van der Waals surface area contributed by atoms with Crippen molar-refractivity contribution >= 4 is 29.7 Å². The number of nitrogens with zero attached hydrogens (tertiary/aromatic N) is 1. The van der Waals surface area contributed by atoms with Gasteiger partial charge in [-0.2, -0.15) is 30.3 Å². The second kappa shape index (κ2) is 17.5. The molecule has 0 unspecified atom stereocenters. The Balaban J connectivity index is 0.000000338. The van der Waals surface area contributed by atoms with Crippen LogP contribution in [0, 0.1) is 18.9 Å². The maximum absolute atomic E-state index is 11.7. The standard InChI is InChI=1S/C18H15P.C11H14NO.C2H.Au/c1-4-10-16(11-5-1)19(17-12-6-2-7-13-17)18-14-8-3-9-15-18;1-3-12(4-2)11(13)10-8-6-5-7-9-10;1-2;/h1-15H;5-6,8-9H,3-4H2,1-2H3;1H;/q;2*-1;/p+1. The minimum atomic E-state index is -0.877. The van der Waals surface area contributed by atoms with Gasteiger partial charge in [-0.3, -0.25) is 4.79 Å². The van der Waals surface area contributed by atoms with Crippen LogP contribution in [0.4, 0.5) is 0 Å². The Kier molecular flexibility index (Phi) is 15.1. The third-order valence-corrected chi connectivity index (χ3v) is 7.92. The molecule has 0 atom stereocenters. The van der Waals surface area contributed by atoms with Crippen LogP contribution in [-0.2, 0) is 22.4 Å². The van der Waals surface area contributed by atoms with Gasteiger partial charge in [-0.05, 0) is 50.2 Å². The minimum Gasteiger partial charge on any atom is -0.697 e. The van der Waals surface area contributed by atoms with Crippen molar-refractivity contribution in [3.05, 3.63) is 133 Å². The fourth-order valence-electron chi connectivity index (χ4n) is 3.53. The fraction of sp³-hybridized carbons (Fsp3) is 0.129. The average Bonchev–Trinajstić information content (AvgIpc) is 2.93. The third kappa shape index (κ3) is 9.33. The van der Waals surface area contributed by atoms with Gasteiger partial charge >= 0.3 is 0 Å². The summed E-state index contributed by atoms with van der Waals surface area (Å²) >= 11 is 0. The van der Waals surface area contributed by atoms with Gasteiger partial charge < -0.3 is 17.7 Å². The van der Waals surface area contributed by atoms with Crippen LogP contribution >= 0.6 is 7.92 Å². The second-order valence-electron chi connectivity index (χ2n) is 7.24. The molecule has 1 radical (unpaired) electrons. The first-order valence-electron chi connectivity index (χ1n) is 11.3. The molecule has 35 heavy (non-hydrogen) atoms. The zero-order chi connectivity index (χ0) is 24.6. The summed E-state index contributed by atoms with van der Waals surface area (Å²) in [7, 11) is -0.877. The van der Waals surface area contributed by atoms with Crippen LogP contribution < -0.4 is 15.9 Å². The van der Waals surface area contributed by atoms with Gasteiger partial charge in [-0.15, -0.1) is 0 Å². The Labute approximate surface area is 227 Å². The fourth-order valence-corrected chi connectivity index (χ4v) is 6.11. The number of rotatable bonds is 6. The summed E-state index contributed by atoms with van der Waals surface area (Å²) in [5.41, 5.74) is 0.714. The van der Waals surface area contributed by atoms with Crippen molar-refractivity contribution in [2.24, 2.45) is 0 Å². The molecule has 0 bridgehead atoms. The van der Waals surface area contributed by atoms with Crippen molar-refractivity contribution in [3.8, 4) is 6.42 Å². The third-order valence-electron chi connectivity index (χ3n) is 5.19. The van der Waals surface area contributed by atoms with Crippen LogP contribution in [0.1, 0.15) is 24.2 Å². The van der Waals surface area contributed by atoms with Gasteiger partial charge in [0.05, 0.1) is 7.92 Å². The number of carbonyl (C=O) groups is 1. The van der Waals surface area contributed by atoms with Gasteiger partial charge in [0.1, 0.15) is 15.9 Å². The van der Waals surface area contributed by atoms with Gasteiger partial charge in [0.25, 0.3) is 0 Å². The van der Waals surface area contributed by atoms with Crippen LogP contribution in [-0.4, -0.2) is 23.9 Å². The van der Waals surface area contributed by atoms with E-state index in [-0.39, 0.29) is 28.3 Å². The molecule has 0 N–H and O–H groups in total. The predicted octanol–water partition coefficient (Wildman–Crippen LogP) is 5.35. The Morgan fingerprint density at radius 1 is 0.743 bits per heavy atom. The molecule has 0 heterocycles. The van der Waals surface area contributed by atoms with E-state index in [1.54, 1.807) is 17.0 Å². The molecule has 2 nitrogen and oxygen atoms in total. The summed E-state index contributed by atoms with van der Waals surface area (Å²) in [4.78, 5) is 13.5. The van der Waals surface area contributed by atoms with E-state index in [1.807, 2.05) is 26.0 Å². The van der Waals surface area contributed by atoms with Crippen molar-refractivity contribution in [2.75, 3.05) is 13.1 Å². The van der Waals surface area contributed by atoms with Crippen LogP contribution in [0.2, 0.25) is 0 Å². The van der Waals surface area contributed by atoms with Crippen molar-refractivity contribution in [1.82, 2.24) is 4.90 Å². The monoisotopic (exact) mass is 661 g/mol. The molecule has 0 aliphatic heterocycles. The first kappa shape index (κ1) is 30.1. The normalized spacial score (nSPS) is 9.40. The molecule has 0 aliphatic carbocycles. The largest absolute Gasteiger partial charge is 0.697 e. The van der Waals surface area contributed by atoms with E-state index in [0.717, 1.165) is 13.1 Å². The number of amides is 1. The minimum absolute atomic E-state index is 0. The van der Waals surface area contributed by atoms with Crippen LogP contribution in [0.5, 0.6) is 0 Å². The molecule has 183 valence electrons. The van der Waals surface area contributed by atoms with Crippen LogP contribution in [0.25, 0.3) is 0 Å². The summed E-state index contributed by atoms with van der Waals surface area (Å²) in [6.45, 7) is 5.47. The van der Waals surface area contributed by atoms with Crippen molar-refractivity contribution in [2.45, 2.75) is 13.8 Å². The number of carbonyl (C=O) groups excluding carboxylic acids is 1. The van der Waals surface area contributed by atoms with Crippen molar-refractivity contribution in [3.63, 3.8) is 0 Å². The molecule has 0 aromatic heterocycles. The van der Waals surface area contributed by atoms with E-state index in [2.05, 4.69) is 103 Å². The molecule has 4 aromatic carbocycles. The van der Waals surface area contributed by atoms with E-state index < -0.39 is 7.92 Å². The number of hydrogen-bond acceptors (Lipinski definition) is 1. The zero-order valence-electron chi connectivity index (χ0n) is 20.1. The number of hydrogen-bond donors (Lipinski definition) is 0. The van der Waals surface area contributed by atoms with E-state index in [4.69, 9.17) is 6.42 Å². The maximum Gasteiger partial charge on any atom is 0.198 e. The Hall–Kier alpha value is -2.92. The summed E-state index contributed by atoms with van der Waals surface area (Å²) in [5.74, 6) is 0.0850. The summed E-state index contributed by atoms with van der Waals surface area (Å²) in [6.07, 6.45) is 9.00. The molecule has 0 saturated heterocycles. The van der Waals surface area contributed by atoms with Gasteiger partial charge in [0, 0.05) is 35.5 Å². The zero-order valence-corrected chi connectivity index (χ0v) is 23.3. The average molecular weight is 662 g/mol. The van der Waals surface area contributed by atoms with Crippen molar-refractivity contribution in [1.29, 1.82) is 0 Å². The predicted molar refractivity (Wildman–Crippen MR) is 147 cm³/mol.